The number of ether oxygens (including phenoxy) is 1. The number of hydrogen-bond donors (Lipinski definition) is 0. The highest BCUT2D eigenvalue weighted by Gasteiger charge is 2.29. The summed E-state index contributed by atoms with van der Waals surface area (Å²) in [6.07, 6.45) is 0.304. The molecule has 6 nitrogen and oxygen atoms in total. The van der Waals surface area contributed by atoms with Crippen molar-refractivity contribution in [1.29, 1.82) is 0 Å². The van der Waals surface area contributed by atoms with E-state index in [1.54, 1.807) is 16.4 Å². The van der Waals surface area contributed by atoms with E-state index in [2.05, 4.69) is 16.7 Å². The number of sulfonamides is 1. The van der Waals surface area contributed by atoms with E-state index in [1.165, 1.54) is 0 Å². The number of piperazine rings is 1. The Morgan fingerprint density at radius 3 is 2.50 bits per heavy atom. The van der Waals surface area contributed by atoms with Crippen molar-refractivity contribution in [2.24, 2.45) is 0 Å². The van der Waals surface area contributed by atoms with E-state index in [4.69, 9.17) is 16.3 Å². The van der Waals surface area contributed by atoms with Crippen molar-refractivity contribution in [3.63, 3.8) is 0 Å². The molecule has 3 heterocycles. The van der Waals surface area contributed by atoms with E-state index in [1.807, 2.05) is 0 Å². The molecule has 0 amide bonds. The summed E-state index contributed by atoms with van der Waals surface area (Å²) in [6.45, 7) is 9.49. The largest absolute Gasteiger partial charge is 0.376 e. The molecule has 2 fully saturated rings. The standard InChI is InChI=1S/C15H24ClN3O3S2/c1-13-12-18(10-11-22-13)5-4-17-6-8-19(9-7-17)24(20,21)15-3-2-14(16)23-15/h2-3,13H,4-12H2,1H3. The third-order valence-corrected chi connectivity index (χ3v) is 8.13. The molecule has 0 bridgehead atoms. The lowest BCUT2D eigenvalue weighted by atomic mass is 10.3. The molecule has 0 spiro atoms. The van der Waals surface area contributed by atoms with E-state index < -0.39 is 10.0 Å². The summed E-state index contributed by atoms with van der Waals surface area (Å²) in [5, 5.41) is 0. The average Bonchev–Trinajstić information content (AvgIpc) is 3.01. The van der Waals surface area contributed by atoms with Crippen LogP contribution in [0.4, 0.5) is 0 Å². The van der Waals surface area contributed by atoms with Gasteiger partial charge in [-0.25, -0.2) is 8.42 Å². The number of thiophene rings is 1. The highest BCUT2D eigenvalue weighted by molar-refractivity contribution is 7.91. The van der Waals surface area contributed by atoms with E-state index in [-0.39, 0.29) is 0 Å². The van der Waals surface area contributed by atoms with Crippen LogP contribution in [0.3, 0.4) is 0 Å². The summed E-state index contributed by atoms with van der Waals surface area (Å²) >= 11 is 6.99. The SMILES string of the molecule is CC1CN(CCN2CCN(S(=O)(=O)c3ccc(Cl)s3)CC2)CCO1. The number of rotatable bonds is 5. The van der Waals surface area contributed by atoms with Crippen molar-refractivity contribution in [2.45, 2.75) is 17.2 Å². The minimum Gasteiger partial charge on any atom is -0.376 e. The van der Waals surface area contributed by atoms with Gasteiger partial charge in [0, 0.05) is 52.4 Å². The normalized spacial score (nSPS) is 25.2. The second-order valence-corrected chi connectivity index (χ2v) is 10.2. The molecule has 1 atom stereocenters. The molecule has 0 N–H and O–H groups in total. The highest BCUT2D eigenvalue weighted by atomic mass is 35.5. The third-order valence-electron chi connectivity index (χ3n) is 4.53. The molecule has 0 radical (unpaired) electrons. The molecule has 2 aliphatic heterocycles. The zero-order valence-electron chi connectivity index (χ0n) is 13.9. The van der Waals surface area contributed by atoms with Crippen LogP contribution in [0.15, 0.2) is 16.3 Å². The molecule has 3 rings (SSSR count). The fourth-order valence-electron chi connectivity index (χ4n) is 3.13. The van der Waals surface area contributed by atoms with Crippen molar-refractivity contribution in [1.82, 2.24) is 14.1 Å². The maximum Gasteiger partial charge on any atom is 0.252 e. The first-order valence-electron chi connectivity index (χ1n) is 8.27. The van der Waals surface area contributed by atoms with Crippen LogP contribution in [0.25, 0.3) is 0 Å². The van der Waals surface area contributed by atoms with Gasteiger partial charge in [0.15, 0.2) is 0 Å². The number of nitrogens with zero attached hydrogens (tertiary/aromatic N) is 3. The van der Waals surface area contributed by atoms with Crippen LogP contribution < -0.4 is 0 Å². The third kappa shape index (κ3) is 4.49. The lowest BCUT2D eigenvalue weighted by Gasteiger charge is -2.36. The Morgan fingerprint density at radius 2 is 1.88 bits per heavy atom. The van der Waals surface area contributed by atoms with Gasteiger partial charge in [-0.2, -0.15) is 4.31 Å². The number of morpholine rings is 1. The minimum absolute atomic E-state index is 0.304. The van der Waals surface area contributed by atoms with Crippen LogP contribution in [-0.2, 0) is 14.8 Å². The van der Waals surface area contributed by atoms with Crippen LogP contribution in [-0.4, -0.2) is 87.6 Å². The van der Waals surface area contributed by atoms with Crippen molar-refractivity contribution in [2.75, 3.05) is 59.0 Å². The fourth-order valence-corrected chi connectivity index (χ4v) is 6.19. The molecule has 0 aromatic carbocycles. The predicted molar refractivity (Wildman–Crippen MR) is 96.4 cm³/mol. The second-order valence-electron chi connectivity index (χ2n) is 6.29. The lowest BCUT2D eigenvalue weighted by Crippen LogP contribution is -2.51. The zero-order valence-corrected chi connectivity index (χ0v) is 16.2. The summed E-state index contributed by atoms with van der Waals surface area (Å²) in [5.41, 5.74) is 0. The first kappa shape index (κ1) is 18.6. The predicted octanol–water partition coefficient (Wildman–Crippen LogP) is 1.43. The van der Waals surface area contributed by atoms with Gasteiger partial charge >= 0.3 is 0 Å². The molecule has 1 aromatic heterocycles. The Labute approximate surface area is 153 Å². The van der Waals surface area contributed by atoms with Gasteiger partial charge in [0.25, 0.3) is 10.0 Å². The van der Waals surface area contributed by atoms with Crippen LogP contribution in [0.2, 0.25) is 4.34 Å². The number of hydrogen-bond acceptors (Lipinski definition) is 6. The lowest BCUT2D eigenvalue weighted by molar-refractivity contribution is -0.0212. The molecule has 2 saturated heterocycles. The van der Waals surface area contributed by atoms with E-state index in [0.717, 1.165) is 57.2 Å². The van der Waals surface area contributed by atoms with Crippen LogP contribution in [0.1, 0.15) is 6.92 Å². The maximum absolute atomic E-state index is 12.6. The molecule has 0 saturated carbocycles. The number of halogens is 1. The Balaban J connectivity index is 1.47. The molecule has 9 heteroatoms. The van der Waals surface area contributed by atoms with Crippen molar-refractivity contribution in [3.05, 3.63) is 16.5 Å². The molecule has 1 unspecified atom stereocenters. The second kappa shape index (κ2) is 7.99. The zero-order chi connectivity index (χ0) is 17.2. The first-order chi connectivity index (χ1) is 11.4. The average molecular weight is 394 g/mol. The maximum atomic E-state index is 12.6. The molecular weight excluding hydrogens is 370 g/mol. The van der Waals surface area contributed by atoms with Gasteiger partial charge in [-0.1, -0.05) is 11.6 Å². The van der Waals surface area contributed by atoms with Gasteiger partial charge in [0.2, 0.25) is 0 Å². The molecule has 24 heavy (non-hydrogen) atoms. The summed E-state index contributed by atoms with van der Waals surface area (Å²) in [4.78, 5) is 4.76. The van der Waals surface area contributed by atoms with Gasteiger partial charge in [-0.15, -0.1) is 11.3 Å². The van der Waals surface area contributed by atoms with E-state index >= 15 is 0 Å². The van der Waals surface area contributed by atoms with Crippen LogP contribution in [0, 0.1) is 0 Å². The Hall–Kier alpha value is -0.220. The smallest absolute Gasteiger partial charge is 0.252 e. The Morgan fingerprint density at radius 1 is 1.17 bits per heavy atom. The quantitative estimate of drug-likeness (QED) is 0.757. The van der Waals surface area contributed by atoms with Crippen molar-refractivity contribution < 1.29 is 13.2 Å². The highest BCUT2D eigenvalue weighted by Crippen LogP contribution is 2.28. The van der Waals surface area contributed by atoms with Gasteiger partial charge in [0.05, 0.1) is 17.0 Å². The van der Waals surface area contributed by atoms with E-state index in [0.29, 0.717) is 27.7 Å². The van der Waals surface area contributed by atoms with Gasteiger partial charge in [0.1, 0.15) is 4.21 Å². The topological polar surface area (TPSA) is 53.1 Å². The van der Waals surface area contributed by atoms with Crippen molar-refractivity contribution >= 4 is 33.0 Å². The van der Waals surface area contributed by atoms with Crippen LogP contribution >= 0.6 is 22.9 Å². The first-order valence-corrected chi connectivity index (χ1v) is 10.9. The monoisotopic (exact) mass is 393 g/mol. The van der Waals surface area contributed by atoms with Crippen molar-refractivity contribution in [3.8, 4) is 0 Å². The minimum atomic E-state index is -3.39. The Kier molecular flexibility index (Phi) is 6.18. The van der Waals surface area contributed by atoms with Gasteiger partial charge in [-0.3, -0.25) is 9.80 Å². The molecule has 1 aromatic rings. The van der Waals surface area contributed by atoms with Gasteiger partial charge in [-0.05, 0) is 19.1 Å². The summed E-state index contributed by atoms with van der Waals surface area (Å²) in [7, 11) is -3.39. The Bertz CT molecular complexity index is 644. The summed E-state index contributed by atoms with van der Waals surface area (Å²) in [6, 6.07) is 3.23. The van der Waals surface area contributed by atoms with Gasteiger partial charge < -0.3 is 4.74 Å². The molecule has 0 aliphatic carbocycles. The van der Waals surface area contributed by atoms with E-state index in [9.17, 15) is 8.42 Å². The summed E-state index contributed by atoms with van der Waals surface area (Å²) < 4.78 is 33.1. The summed E-state index contributed by atoms with van der Waals surface area (Å²) in [5.74, 6) is 0. The fraction of sp³-hybridized carbons (Fsp3) is 0.733. The molecular formula is C15H24ClN3O3S2. The molecule has 2 aliphatic rings. The molecule has 136 valence electrons. The van der Waals surface area contributed by atoms with Crippen LogP contribution in [0.5, 0.6) is 0 Å².